The van der Waals surface area contributed by atoms with Crippen LogP contribution in [-0.2, 0) is 32.0 Å². The van der Waals surface area contributed by atoms with Gasteiger partial charge in [0.1, 0.15) is 0 Å². The number of aromatic amines is 1. The van der Waals surface area contributed by atoms with Crippen molar-refractivity contribution in [1.82, 2.24) is 19.8 Å². The van der Waals surface area contributed by atoms with E-state index >= 15 is 0 Å². The van der Waals surface area contributed by atoms with Crippen LogP contribution < -0.4 is 10.3 Å². The van der Waals surface area contributed by atoms with Crippen LogP contribution in [0.3, 0.4) is 0 Å². The number of carbonyl (C=O) groups excluding carboxylic acids is 2. The zero-order valence-corrected chi connectivity index (χ0v) is 27.7. The zero-order chi connectivity index (χ0) is 34.1. The maximum Gasteiger partial charge on any atom is 0.312 e. The molecule has 11 nitrogen and oxygen atoms in total. The molecule has 1 N–H and O–H groups in total. The number of nitriles is 1. The molecule has 1 atom stereocenters. The molecule has 250 valence electrons. The molecule has 2 aliphatic rings. The Morgan fingerprint density at radius 2 is 1.69 bits per heavy atom. The van der Waals surface area contributed by atoms with Crippen LogP contribution in [0.2, 0.25) is 0 Å². The number of hydrogen-bond acceptors (Lipinski definition) is 10. The summed E-state index contributed by atoms with van der Waals surface area (Å²) in [5.41, 5.74) is 2.65. The van der Waals surface area contributed by atoms with E-state index in [-0.39, 0.29) is 24.0 Å². The second kappa shape index (κ2) is 15.9. The summed E-state index contributed by atoms with van der Waals surface area (Å²) >= 11 is 0. The summed E-state index contributed by atoms with van der Waals surface area (Å²) < 4.78 is 15.8. The Morgan fingerprint density at radius 1 is 1.04 bits per heavy atom. The molecule has 5 rings (SSSR count). The molecule has 2 aliphatic heterocycles. The summed E-state index contributed by atoms with van der Waals surface area (Å²) in [7, 11) is 1.25. The van der Waals surface area contributed by atoms with E-state index in [9.17, 15) is 19.6 Å². The van der Waals surface area contributed by atoms with Crippen LogP contribution >= 0.6 is 0 Å². The number of morpholine rings is 1. The van der Waals surface area contributed by atoms with Crippen molar-refractivity contribution in [1.29, 1.82) is 5.26 Å². The largest absolute Gasteiger partial charge is 0.469 e. The van der Waals surface area contributed by atoms with Gasteiger partial charge in [0, 0.05) is 62.7 Å². The molecular formula is C37H41N5O6. The van der Waals surface area contributed by atoms with Crippen molar-refractivity contribution in [2.45, 2.75) is 39.2 Å². The van der Waals surface area contributed by atoms with E-state index < -0.39 is 22.9 Å². The van der Waals surface area contributed by atoms with Crippen molar-refractivity contribution in [2.24, 2.45) is 11.3 Å². The average molecular weight is 652 g/mol. The van der Waals surface area contributed by atoms with E-state index in [0.29, 0.717) is 31.7 Å². The molecule has 3 heterocycles. The van der Waals surface area contributed by atoms with Gasteiger partial charge in [-0.1, -0.05) is 36.1 Å². The van der Waals surface area contributed by atoms with Crippen LogP contribution in [-0.4, -0.2) is 84.8 Å². The summed E-state index contributed by atoms with van der Waals surface area (Å²) in [6, 6.07) is 18.6. The number of methoxy groups -OCH3 is 1. The first-order valence-corrected chi connectivity index (χ1v) is 16.1. The second-order valence-corrected chi connectivity index (χ2v) is 12.9. The summed E-state index contributed by atoms with van der Waals surface area (Å²) in [5.74, 6) is 4.88. The van der Waals surface area contributed by atoms with Crippen molar-refractivity contribution >= 4 is 11.9 Å². The van der Waals surface area contributed by atoms with E-state index in [1.54, 1.807) is 13.8 Å². The number of esters is 2. The van der Waals surface area contributed by atoms with Crippen LogP contribution in [0.1, 0.15) is 54.1 Å². The van der Waals surface area contributed by atoms with Crippen molar-refractivity contribution < 1.29 is 23.8 Å². The van der Waals surface area contributed by atoms with Gasteiger partial charge in [-0.3, -0.25) is 19.3 Å². The van der Waals surface area contributed by atoms with Crippen LogP contribution in [0.25, 0.3) is 0 Å². The topological polar surface area (TPSA) is 138 Å². The van der Waals surface area contributed by atoms with Crippen LogP contribution in [0.4, 0.5) is 0 Å². The Morgan fingerprint density at radius 3 is 2.31 bits per heavy atom. The van der Waals surface area contributed by atoms with Gasteiger partial charge in [-0.15, -0.1) is 0 Å². The number of aromatic nitrogens is 2. The van der Waals surface area contributed by atoms with Crippen molar-refractivity contribution in [3.05, 3.63) is 93.2 Å². The number of ether oxygens (including phenoxy) is 3. The number of benzene rings is 2. The van der Waals surface area contributed by atoms with E-state index in [1.807, 2.05) is 36.4 Å². The number of carbonyl (C=O) groups is 2. The molecule has 0 amide bonds. The number of nitrogens with one attached hydrogen (secondary N) is 1. The fourth-order valence-electron chi connectivity index (χ4n) is 5.86. The number of rotatable bonds is 11. The standard InChI is InChI=1S/C37H41N5O6/c1-37(2,36(45)46-3)19-33(43)48-34-32(39-25-40-35(34)44)18-31(24-42-22-29(20-38)23-42)30-12-10-27(11-13-30)5-4-26-6-8-28(9-7-26)21-41-14-16-47-17-15-41/h6-13,25,29,31H,14-19,21-24H2,1-3H3,(H,39,40,44). The number of hydrogen-bond donors (Lipinski definition) is 1. The van der Waals surface area contributed by atoms with E-state index in [4.69, 9.17) is 14.2 Å². The van der Waals surface area contributed by atoms with E-state index in [0.717, 1.165) is 49.5 Å². The Labute approximate surface area is 280 Å². The van der Waals surface area contributed by atoms with Gasteiger partial charge in [-0.25, -0.2) is 4.98 Å². The predicted molar refractivity (Wildman–Crippen MR) is 178 cm³/mol. The minimum atomic E-state index is -1.13. The van der Waals surface area contributed by atoms with E-state index in [1.165, 1.54) is 19.0 Å². The lowest BCUT2D eigenvalue weighted by Gasteiger charge is -2.37. The third-order valence-corrected chi connectivity index (χ3v) is 8.68. The van der Waals surface area contributed by atoms with Gasteiger partial charge in [-0.05, 0) is 49.2 Å². The molecule has 1 unspecified atom stereocenters. The third kappa shape index (κ3) is 9.17. The van der Waals surface area contributed by atoms with Gasteiger partial charge < -0.3 is 24.1 Å². The summed E-state index contributed by atoms with van der Waals surface area (Å²) in [6.45, 7) is 9.44. The van der Waals surface area contributed by atoms with Crippen LogP contribution in [0, 0.1) is 34.5 Å². The lowest BCUT2D eigenvalue weighted by Crippen LogP contribution is -2.47. The molecule has 11 heteroatoms. The maximum absolute atomic E-state index is 12.8. The smallest absolute Gasteiger partial charge is 0.312 e. The molecule has 2 aromatic carbocycles. The second-order valence-electron chi connectivity index (χ2n) is 12.9. The Balaban J connectivity index is 1.30. The molecule has 2 fully saturated rings. The Bertz CT molecular complexity index is 1740. The fraction of sp³-hybridized carbons (Fsp3) is 0.432. The molecule has 48 heavy (non-hydrogen) atoms. The fourth-order valence-corrected chi connectivity index (χ4v) is 5.86. The number of likely N-dealkylation sites (tertiary alicyclic amines) is 1. The molecule has 0 saturated carbocycles. The van der Waals surface area contributed by atoms with Gasteiger partial charge in [-0.2, -0.15) is 5.26 Å². The minimum Gasteiger partial charge on any atom is -0.469 e. The summed E-state index contributed by atoms with van der Waals surface area (Å²) in [5, 5.41) is 9.29. The maximum atomic E-state index is 12.8. The Hall–Kier alpha value is -4.81. The molecule has 3 aromatic rings. The highest BCUT2D eigenvalue weighted by Gasteiger charge is 2.34. The molecule has 0 bridgehead atoms. The quantitative estimate of drug-likeness (QED) is 0.243. The predicted octanol–water partition coefficient (Wildman–Crippen LogP) is 3.28. The molecule has 2 saturated heterocycles. The average Bonchev–Trinajstić information content (AvgIpc) is 3.07. The molecule has 0 radical (unpaired) electrons. The third-order valence-electron chi connectivity index (χ3n) is 8.68. The van der Waals surface area contributed by atoms with Gasteiger partial charge in [0.15, 0.2) is 0 Å². The first-order chi connectivity index (χ1) is 23.1. The van der Waals surface area contributed by atoms with Crippen molar-refractivity contribution in [3.8, 4) is 23.7 Å². The molecule has 1 aromatic heterocycles. The lowest BCUT2D eigenvalue weighted by molar-refractivity contribution is -0.155. The lowest BCUT2D eigenvalue weighted by atomic mass is 9.89. The highest BCUT2D eigenvalue weighted by molar-refractivity contribution is 5.83. The van der Waals surface area contributed by atoms with E-state index in [2.05, 4.69) is 49.8 Å². The van der Waals surface area contributed by atoms with Crippen LogP contribution in [0.5, 0.6) is 5.75 Å². The van der Waals surface area contributed by atoms with Gasteiger partial charge in [0.25, 0.3) is 5.56 Å². The number of nitrogens with zero attached hydrogens (tertiary/aromatic N) is 4. The normalized spacial score (nSPS) is 16.1. The van der Waals surface area contributed by atoms with Gasteiger partial charge in [0.2, 0.25) is 5.75 Å². The highest BCUT2D eigenvalue weighted by Crippen LogP contribution is 2.29. The van der Waals surface area contributed by atoms with Gasteiger partial charge >= 0.3 is 11.9 Å². The SMILES string of the molecule is COC(=O)C(C)(C)CC(=O)Oc1c(CC(CN2CC(C#N)C2)c2ccc(C#Cc3ccc(CN4CCOCC4)cc3)cc2)nc[nH]c1=O. The minimum absolute atomic E-state index is 0.0101. The van der Waals surface area contributed by atoms with Crippen molar-refractivity contribution in [3.63, 3.8) is 0 Å². The first-order valence-electron chi connectivity index (χ1n) is 16.1. The zero-order valence-electron chi connectivity index (χ0n) is 27.7. The van der Waals surface area contributed by atoms with Crippen molar-refractivity contribution in [2.75, 3.05) is 53.0 Å². The number of H-pyrrole nitrogens is 1. The first kappa shape index (κ1) is 34.5. The highest BCUT2D eigenvalue weighted by atomic mass is 16.5. The molecular weight excluding hydrogens is 610 g/mol. The van der Waals surface area contributed by atoms with Gasteiger partial charge in [0.05, 0.1) is 56.2 Å². The Kier molecular flexibility index (Phi) is 11.4. The summed E-state index contributed by atoms with van der Waals surface area (Å²) in [4.78, 5) is 49.2. The molecule has 0 aliphatic carbocycles. The monoisotopic (exact) mass is 651 g/mol. The molecule has 0 spiro atoms. The summed E-state index contributed by atoms with van der Waals surface area (Å²) in [6.07, 6.45) is 1.32. The van der Waals surface area contributed by atoms with Crippen LogP contribution in [0.15, 0.2) is 59.7 Å².